The topological polar surface area (TPSA) is 37.3 Å². The van der Waals surface area contributed by atoms with E-state index in [2.05, 4.69) is 75.3 Å². The van der Waals surface area contributed by atoms with E-state index >= 15 is 0 Å². The molecule has 150 valence electrons. The first-order valence-corrected chi connectivity index (χ1v) is 11.4. The second-order valence-corrected chi connectivity index (χ2v) is 11.6. The Labute approximate surface area is 175 Å². The number of likely N-dealkylation sites (N-methyl/N-ethyl adjacent to an activating group) is 1. The van der Waals surface area contributed by atoms with Crippen molar-refractivity contribution in [2.24, 2.45) is 17.3 Å². The van der Waals surface area contributed by atoms with Crippen LogP contribution in [0.15, 0.2) is 30.5 Å². The van der Waals surface area contributed by atoms with Gasteiger partial charge in [-0.05, 0) is 88.7 Å². The number of aromatic nitrogens is 1. The Balaban J connectivity index is 1.35. The third-order valence-corrected chi connectivity index (χ3v) is 8.22. The lowest BCUT2D eigenvalue weighted by molar-refractivity contribution is -0.138. The minimum absolute atomic E-state index is 0.166. The predicted octanol–water partition coefficient (Wildman–Crippen LogP) is 4.88. The molecule has 1 aromatic carbocycles. The number of nitrogens with one attached hydrogen (secondary N) is 1. The predicted molar refractivity (Wildman–Crippen MR) is 118 cm³/mol. The van der Waals surface area contributed by atoms with E-state index < -0.39 is 0 Å². The van der Waals surface area contributed by atoms with Crippen molar-refractivity contribution >= 4 is 38.4 Å². The Kier molecular flexibility index (Phi) is 4.40. The standard InChI is InChI=1S/C23H30BrN3O/c1-26(2)7-8-27-6-5-18-10-19(3-4-20(18)27)25-21(28)22-11-16-9-17(12-22)14-23(24,13-16)15-22/h3-6,10,16-17H,7-9,11-15H2,1-2H3,(H,25,28). The second-order valence-electron chi connectivity index (χ2n) is 9.93. The normalized spacial score (nSPS) is 33.7. The van der Waals surface area contributed by atoms with Crippen molar-refractivity contribution in [1.82, 2.24) is 9.47 Å². The first kappa shape index (κ1) is 18.7. The molecule has 4 aliphatic rings. The van der Waals surface area contributed by atoms with Gasteiger partial charge in [-0.2, -0.15) is 0 Å². The van der Waals surface area contributed by atoms with Gasteiger partial charge in [0.05, 0.1) is 5.41 Å². The van der Waals surface area contributed by atoms with Crippen LogP contribution in [0.1, 0.15) is 38.5 Å². The van der Waals surface area contributed by atoms with Crippen molar-refractivity contribution in [3.8, 4) is 0 Å². The Morgan fingerprint density at radius 2 is 1.96 bits per heavy atom. The number of carbonyl (C=O) groups excluding carboxylic acids is 1. The molecule has 4 bridgehead atoms. The zero-order valence-electron chi connectivity index (χ0n) is 16.9. The molecule has 1 heterocycles. The zero-order chi connectivity index (χ0) is 19.5. The van der Waals surface area contributed by atoms with Crippen LogP contribution in [-0.4, -0.2) is 40.3 Å². The zero-order valence-corrected chi connectivity index (χ0v) is 18.5. The molecule has 2 unspecified atom stereocenters. The summed E-state index contributed by atoms with van der Waals surface area (Å²) in [4.78, 5) is 15.6. The molecule has 1 aromatic heterocycles. The highest BCUT2D eigenvalue weighted by molar-refractivity contribution is 9.10. The Morgan fingerprint density at radius 3 is 2.64 bits per heavy atom. The van der Waals surface area contributed by atoms with E-state index in [4.69, 9.17) is 0 Å². The van der Waals surface area contributed by atoms with Gasteiger partial charge < -0.3 is 14.8 Å². The largest absolute Gasteiger partial charge is 0.346 e. The molecule has 0 spiro atoms. The number of hydrogen-bond donors (Lipinski definition) is 1. The average molecular weight is 444 g/mol. The van der Waals surface area contributed by atoms with Crippen molar-refractivity contribution in [1.29, 1.82) is 0 Å². The number of anilines is 1. The lowest BCUT2D eigenvalue weighted by atomic mass is 9.49. The number of alkyl halides is 1. The van der Waals surface area contributed by atoms with Crippen LogP contribution in [0, 0.1) is 17.3 Å². The summed E-state index contributed by atoms with van der Waals surface area (Å²) in [7, 11) is 4.20. The van der Waals surface area contributed by atoms with Gasteiger partial charge in [0.1, 0.15) is 0 Å². The van der Waals surface area contributed by atoms with Crippen molar-refractivity contribution < 1.29 is 4.79 Å². The van der Waals surface area contributed by atoms with Crippen molar-refractivity contribution in [3.05, 3.63) is 30.5 Å². The van der Waals surface area contributed by atoms with Gasteiger partial charge in [-0.25, -0.2) is 0 Å². The summed E-state index contributed by atoms with van der Waals surface area (Å²) in [6, 6.07) is 8.49. The quantitative estimate of drug-likeness (QED) is 0.668. The van der Waals surface area contributed by atoms with Crippen molar-refractivity contribution in [2.75, 3.05) is 26.0 Å². The van der Waals surface area contributed by atoms with Crippen LogP contribution in [0.4, 0.5) is 5.69 Å². The Hall–Kier alpha value is -1.33. The molecule has 6 rings (SSSR count). The number of carbonyl (C=O) groups is 1. The fourth-order valence-corrected chi connectivity index (χ4v) is 7.91. The maximum Gasteiger partial charge on any atom is 0.230 e. The molecule has 28 heavy (non-hydrogen) atoms. The molecule has 2 atom stereocenters. The molecule has 4 saturated carbocycles. The monoisotopic (exact) mass is 443 g/mol. The van der Waals surface area contributed by atoms with Crippen LogP contribution in [0.25, 0.3) is 10.9 Å². The molecule has 5 heteroatoms. The molecule has 0 aliphatic heterocycles. The molecule has 1 N–H and O–H groups in total. The summed E-state index contributed by atoms with van der Waals surface area (Å²) in [6.45, 7) is 1.99. The maximum absolute atomic E-state index is 13.4. The molecule has 4 fully saturated rings. The lowest BCUT2D eigenvalue weighted by Crippen LogP contribution is -2.57. The first-order chi connectivity index (χ1) is 13.3. The van der Waals surface area contributed by atoms with Crippen LogP contribution >= 0.6 is 15.9 Å². The fourth-order valence-electron chi connectivity index (χ4n) is 6.46. The summed E-state index contributed by atoms with van der Waals surface area (Å²) >= 11 is 4.02. The fraction of sp³-hybridized carbons (Fsp3) is 0.609. The van der Waals surface area contributed by atoms with Gasteiger partial charge in [-0.1, -0.05) is 15.9 Å². The minimum atomic E-state index is -0.166. The van der Waals surface area contributed by atoms with Gasteiger partial charge in [-0.3, -0.25) is 4.79 Å². The summed E-state index contributed by atoms with van der Waals surface area (Å²) in [6.07, 6.45) is 9.14. The molecule has 1 amide bonds. The summed E-state index contributed by atoms with van der Waals surface area (Å²) in [5, 5.41) is 4.48. The Bertz CT molecular complexity index is 904. The van der Waals surface area contributed by atoms with Crippen LogP contribution in [-0.2, 0) is 11.3 Å². The maximum atomic E-state index is 13.4. The molecule has 4 nitrogen and oxygen atoms in total. The smallest absolute Gasteiger partial charge is 0.230 e. The third-order valence-electron chi connectivity index (χ3n) is 7.29. The van der Waals surface area contributed by atoms with E-state index in [9.17, 15) is 4.79 Å². The number of nitrogens with zero attached hydrogens (tertiary/aromatic N) is 2. The van der Waals surface area contributed by atoms with Crippen molar-refractivity contribution in [3.63, 3.8) is 0 Å². The van der Waals surface area contributed by atoms with E-state index in [1.807, 2.05) is 0 Å². The number of benzene rings is 1. The minimum Gasteiger partial charge on any atom is -0.346 e. The Morgan fingerprint density at radius 1 is 1.21 bits per heavy atom. The van der Waals surface area contributed by atoms with E-state index in [1.165, 1.54) is 30.2 Å². The SMILES string of the molecule is CN(C)CCn1ccc2cc(NC(=O)C34CC5CC(CC(Br)(C5)C3)C4)ccc21. The van der Waals surface area contributed by atoms with Gasteiger partial charge in [0.2, 0.25) is 5.91 Å². The molecule has 2 aromatic rings. The number of rotatable bonds is 5. The van der Waals surface area contributed by atoms with E-state index in [0.29, 0.717) is 0 Å². The first-order valence-electron chi connectivity index (χ1n) is 10.6. The molecule has 0 saturated heterocycles. The van der Waals surface area contributed by atoms with Crippen LogP contribution in [0.2, 0.25) is 0 Å². The average Bonchev–Trinajstić information content (AvgIpc) is 3.00. The third kappa shape index (κ3) is 3.21. The van der Waals surface area contributed by atoms with Crippen LogP contribution in [0.3, 0.4) is 0 Å². The highest BCUT2D eigenvalue weighted by atomic mass is 79.9. The number of hydrogen-bond acceptors (Lipinski definition) is 2. The number of fused-ring (bicyclic) bond motifs is 1. The van der Waals surface area contributed by atoms with Crippen LogP contribution in [0.5, 0.6) is 0 Å². The van der Waals surface area contributed by atoms with Gasteiger partial charge in [0, 0.05) is 40.2 Å². The van der Waals surface area contributed by atoms with E-state index in [0.717, 1.165) is 49.9 Å². The van der Waals surface area contributed by atoms with Crippen molar-refractivity contribution in [2.45, 2.75) is 49.4 Å². The molecule has 0 radical (unpaired) electrons. The van der Waals surface area contributed by atoms with Gasteiger partial charge >= 0.3 is 0 Å². The molecule has 4 aliphatic carbocycles. The highest BCUT2D eigenvalue weighted by Gasteiger charge is 2.59. The number of amides is 1. The summed E-state index contributed by atoms with van der Waals surface area (Å²) in [5.41, 5.74) is 2.00. The van der Waals surface area contributed by atoms with Gasteiger partial charge in [-0.15, -0.1) is 0 Å². The number of halogens is 1. The lowest BCUT2D eigenvalue weighted by Gasteiger charge is -2.59. The van der Waals surface area contributed by atoms with E-state index in [1.54, 1.807) is 0 Å². The summed E-state index contributed by atoms with van der Waals surface area (Å²) < 4.78 is 2.50. The second kappa shape index (κ2) is 6.60. The van der Waals surface area contributed by atoms with E-state index in [-0.39, 0.29) is 15.6 Å². The van der Waals surface area contributed by atoms with Gasteiger partial charge in [0.25, 0.3) is 0 Å². The van der Waals surface area contributed by atoms with Crippen LogP contribution < -0.4 is 5.32 Å². The molecular formula is C23H30BrN3O. The molecular weight excluding hydrogens is 414 g/mol. The highest BCUT2D eigenvalue weighted by Crippen LogP contribution is 2.64. The summed E-state index contributed by atoms with van der Waals surface area (Å²) in [5.74, 6) is 1.69. The van der Waals surface area contributed by atoms with Gasteiger partial charge in [0.15, 0.2) is 0 Å².